The highest BCUT2D eigenvalue weighted by atomic mass is 32.2. The highest BCUT2D eigenvalue weighted by Crippen LogP contribution is 2.58. The zero-order valence-corrected chi connectivity index (χ0v) is 6.93. The van der Waals surface area contributed by atoms with Gasteiger partial charge in [-0.25, -0.2) is 8.42 Å². The van der Waals surface area contributed by atoms with Crippen LogP contribution >= 0.6 is 0 Å². The largest absolute Gasteiger partial charge is 0.303 e. The second-order valence-corrected chi connectivity index (χ2v) is 5.84. The summed E-state index contributed by atoms with van der Waals surface area (Å²) in [6.45, 7) is 0. The van der Waals surface area contributed by atoms with Gasteiger partial charge in [-0.2, -0.15) is 0 Å². The van der Waals surface area contributed by atoms with Crippen molar-refractivity contribution in [2.75, 3.05) is 11.5 Å². The minimum absolute atomic E-state index is 0.0415. The molecule has 1 spiro atoms. The van der Waals surface area contributed by atoms with Crippen LogP contribution in [0.1, 0.15) is 12.8 Å². The summed E-state index contributed by atoms with van der Waals surface area (Å²) in [7, 11) is -2.79. The first-order chi connectivity index (χ1) is 5.08. The number of carbonyl (C=O) groups excluding carboxylic acids is 1. The maximum Gasteiger partial charge on any atom is 0.150 e. The lowest BCUT2D eigenvalue weighted by Gasteiger charge is -1.99. The fourth-order valence-corrected chi connectivity index (χ4v) is 4.18. The fourth-order valence-electron chi connectivity index (χ4n) is 1.97. The first-order valence-electron chi connectivity index (χ1n) is 3.74. The predicted octanol–water partition coefficient (Wildman–Crippen LogP) is 0.0101. The molecular weight excluding hydrogens is 164 g/mol. The van der Waals surface area contributed by atoms with Crippen molar-refractivity contribution in [1.82, 2.24) is 0 Å². The van der Waals surface area contributed by atoms with Gasteiger partial charge in [-0.15, -0.1) is 0 Å². The molecule has 2 aliphatic rings. The Balaban J connectivity index is 2.19. The van der Waals surface area contributed by atoms with E-state index in [0.29, 0.717) is 6.42 Å². The second kappa shape index (κ2) is 1.86. The summed E-state index contributed by atoms with van der Waals surface area (Å²) in [6, 6.07) is 0. The summed E-state index contributed by atoms with van der Waals surface area (Å²) in [6.07, 6.45) is 2.41. The third-order valence-corrected chi connectivity index (χ3v) is 4.68. The molecule has 0 N–H and O–H groups in total. The SMILES string of the molecule is O=CC1CC12CCS(=O)(=O)C2. The average molecular weight is 174 g/mol. The van der Waals surface area contributed by atoms with Crippen molar-refractivity contribution in [2.45, 2.75) is 12.8 Å². The van der Waals surface area contributed by atoms with E-state index in [1.807, 2.05) is 0 Å². The number of hydrogen-bond acceptors (Lipinski definition) is 3. The molecule has 0 radical (unpaired) electrons. The minimum Gasteiger partial charge on any atom is -0.303 e. The summed E-state index contributed by atoms with van der Waals surface area (Å²) in [4.78, 5) is 10.3. The third kappa shape index (κ3) is 1.00. The molecule has 1 heterocycles. The molecule has 1 aliphatic heterocycles. The van der Waals surface area contributed by atoms with Crippen molar-refractivity contribution in [3.63, 3.8) is 0 Å². The van der Waals surface area contributed by atoms with Crippen molar-refractivity contribution in [1.29, 1.82) is 0 Å². The fraction of sp³-hybridized carbons (Fsp3) is 0.857. The molecule has 2 atom stereocenters. The van der Waals surface area contributed by atoms with Crippen molar-refractivity contribution >= 4 is 16.1 Å². The van der Waals surface area contributed by atoms with E-state index in [1.54, 1.807) is 0 Å². The van der Waals surface area contributed by atoms with Gasteiger partial charge in [0.1, 0.15) is 6.29 Å². The summed E-state index contributed by atoms with van der Waals surface area (Å²) in [5.41, 5.74) is -0.111. The lowest BCUT2D eigenvalue weighted by molar-refractivity contribution is -0.109. The highest BCUT2D eigenvalue weighted by Gasteiger charge is 2.59. The molecule has 0 aromatic heterocycles. The molecule has 2 fully saturated rings. The van der Waals surface area contributed by atoms with Crippen LogP contribution in [0, 0.1) is 11.3 Å². The van der Waals surface area contributed by atoms with Gasteiger partial charge in [0, 0.05) is 5.92 Å². The molecule has 1 saturated carbocycles. The molecular formula is C7H10O3S. The quantitative estimate of drug-likeness (QED) is 0.526. The van der Waals surface area contributed by atoms with Gasteiger partial charge >= 0.3 is 0 Å². The Kier molecular flexibility index (Phi) is 1.23. The molecule has 0 bridgehead atoms. The van der Waals surface area contributed by atoms with E-state index < -0.39 is 9.84 Å². The van der Waals surface area contributed by atoms with E-state index >= 15 is 0 Å². The lowest BCUT2D eigenvalue weighted by atomic mass is 10.0. The Morgan fingerprint density at radius 2 is 2.18 bits per heavy atom. The van der Waals surface area contributed by atoms with Crippen LogP contribution in [0.3, 0.4) is 0 Å². The topological polar surface area (TPSA) is 51.2 Å². The maximum atomic E-state index is 11.0. The molecule has 2 unspecified atom stereocenters. The highest BCUT2D eigenvalue weighted by molar-refractivity contribution is 7.91. The van der Waals surface area contributed by atoms with Crippen LogP contribution in [0.4, 0.5) is 0 Å². The van der Waals surface area contributed by atoms with Crippen LogP contribution in [0.5, 0.6) is 0 Å². The molecule has 3 nitrogen and oxygen atoms in total. The minimum atomic E-state index is -2.79. The zero-order valence-electron chi connectivity index (χ0n) is 6.12. The normalized spacial score (nSPS) is 46.0. The van der Waals surface area contributed by atoms with Gasteiger partial charge in [-0.3, -0.25) is 0 Å². The molecule has 1 aliphatic carbocycles. The Labute approximate surface area is 65.7 Å². The van der Waals surface area contributed by atoms with Crippen molar-refractivity contribution in [3.05, 3.63) is 0 Å². The molecule has 2 rings (SSSR count). The van der Waals surface area contributed by atoms with Crippen LogP contribution < -0.4 is 0 Å². The summed E-state index contributed by atoms with van der Waals surface area (Å²) in [5, 5.41) is 0. The van der Waals surface area contributed by atoms with E-state index in [-0.39, 0.29) is 22.8 Å². The first-order valence-corrected chi connectivity index (χ1v) is 5.56. The summed E-state index contributed by atoms with van der Waals surface area (Å²) >= 11 is 0. The van der Waals surface area contributed by atoms with Gasteiger partial charge in [0.25, 0.3) is 0 Å². The van der Waals surface area contributed by atoms with Crippen LogP contribution in [0.2, 0.25) is 0 Å². The Morgan fingerprint density at radius 3 is 2.55 bits per heavy atom. The second-order valence-electron chi connectivity index (χ2n) is 3.65. The number of hydrogen-bond donors (Lipinski definition) is 0. The molecule has 0 amide bonds. The molecule has 0 aromatic rings. The van der Waals surface area contributed by atoms with Gasteiger partial charge in [0.15, 0.2) is 9.84 Å². The monoisotopic (exact) mass is 174 g/mol. The van der Waals surface area contributed by atoms with Crippen LogP contribution in [0.15, 0.2) is 0 Å². The maximum absolute atomic E-state index is 11.0. The van der Waals surface area contributed by atoms with Gasteiger partial charge in [-0.05, 0) is 18.3 Å². The van der Waals surface area contributed by atoms with Crippen molar-refractivity contribution < 1.29 is 13.2 Å². The van der Waals surface area contributed by atoms with E-state index in [4.69, 9.17) is 0 Å². The van der Waals surface area contributed by atoms with Gasteiger partial charge in [0.05, 0.1) is 11.5 Å². The lowest BCUT2D eigenvalue weighted by Crippen LogP contribution is -2.07. The molecule has 0 aromatic carbocycles. The average Bonchev–Trinajstić information content (AvgIpc) is 2.49. The van der Waals surface area contributed by atoms with Gasteiger partial charge in [-0.1, -0.05) is 0 Å². The third-order valence-electron chi connectivity index (χ3n) is 2.84. The molecule has 4 heteroatoms. The number of rotatable bonds is 1. The van der Waals surface area contributed by atoms with Gasteiger partial charge < -0.3 is 4.79 Å². The van der Waals surface area contributed by atoms with Crippen LogP contribution in [-0.2, 0) is 14.6 Å². The van der Waals surface area contributed by atoms with Crippen LogP contribution in [-0.4, -0.2) is 26.2 Å². The van der Waals surface area contributed by atoms with E-state index in [0.717, 1.165) is 12.7 Å². The molecule has 62 valence electrons. The number of sulfone groups is 1. The Morgan fingerprint density at radius 1 is 1.45 bits per heavy atom. The first kappa shape index (κ1) is 7.28. The van der Waals surface area contributed by atoms with Crippen molar-refractivity contribution in [2.24, 2.45) is 11.3 Å². The number of aldehydes is 1. The van der Waals surface area contributed by atoms with Crippen LogP contribution in [0.25, 0.3) is 0 Å². The number of carbonyl (C=O) groups is 1. The standard InChI is InChI=1S/C7H10O3S/c8-4-6-3-7(6)1-2-11(9,10)5-7/h4,6H,1-3,5H2. The Bertz CT molecular complexity index is 293. The molecule has 11 heavy (non-hydrogen) atoms. The smallest absolute Gasteiger partial charge is 0.150 e. The van der Waals surface area contributed by atoms with E-state index in [9.17, 15) is 13.2 Å². The summed E-state index contributed by atoms with van der Waals surface area (Å²) < 4.78 is 22.1. The Hall–Kier alpha value is -0.380. The van der Waals surface area contributed by atoms with Crippen molar-refractivity contribution in [3.8, 4) is 0 Å². The zero-order chi connectivity index (χ0) is 8.11. The van der Waals surface area contributed by atoms with Gasteiger partial charge in [0.2, 0.25) is 0 Å². The summed E-state index contributed by atoms with van der Waals surface area (Å²) in [5.74, 6) is 0.584. The predicted molar refractivity (Wildman–Crippen MR) is 39.9 cm³/mol. The van der Waals surface area contributed by atoms with E-state index in [1.165, 1.54) is 0 Å². The van der Waals surface area contributed by atoms with E-state index in [2.05, 4.69) is 0 Å². The molecule has 1 saturated heterocycles.